The van der Waals surface area contributed by atoms with E-state index in [-0.39, 0.29) is 10.8 Å². The van der Waals surface area contributed by atoms with Crippen molar-refractivity contribution in [1.82, 2.24) is 18.3 Å². The highest BCUT2D eigenvalue weighted by molar-refractivity contribution is 7.26. The maximum Gasteiger partial charge on any atom is 0.0640 e. The standard InChI is InChI=1S/C51H34N2S.C51H36N2/c1-51(2)42-19-9-6-15-34(42)38-29-41-40-28-32(31-23-25-45-39(27-31)35-16-7-10-20-44(35)52(45)33-13-4-3-5-14-33)24-26-46(40)53(48(41)30-43(38)51)47-21-12-18-37-36-17-8-11-22-49(36)54-50(37)47;1-51(2)44-20-9-6-17-39(44)41-28-30-48-49(50(41)51)42-19-8-11-22-46(42)53(48)38-16-12-13-35(31-38)33-23-25-34(26-24-33)36-27-29-47-43(32-36)40-18-7-10-21-45(40)52(47)37-14-4-3-5-15-37/h3-30H,1-2H3;3-32H,1-2H3. The van der Waals surface area contributed by atoms with E-state index in [1.807, 2.05) is 11.3 Å². The number of fused-ring (bicyclic) bond motifs is 22. The molecule has 0 atom stereocenters. The summed E-state index contributed by atoms with van der Waals surface area (Å²) < 4.78 is 12.4. The van der Waals surface area contributed by atoms with Crippen LogP contribution >= 0.6 is 11.3 Å². The lowest BCUT2D eigenvalue weighted by Crippen LogP contribution is -2.15. The molecule has 2 aliphatic rings. The predicted molar refractivity (Wildman–Crippen MR) is 455 cm³/mol. The zero-order valence-corrected chi connectivity index (χ0v) is 60.5. The highest BCUT2D eigenvalue weighted by Gasteiger charge is 2.39. The van der Waals surface area contributed by atoms with Gasteiger partial charge in [-0.05, 0) is 199 Å². The van der Waals surface area contributed by atoms with Crippen molar-refractivity contribution in [3.05, 3.63) is 374 Å². The Bertz CT molecular complexity index is 7290. The summed E-state index contributed by atoms with van der Waals surface area (Å²) in [5.74, 6) is 0. The van der Waals surface area contributed by atoms with E-state index in [1.165, 1.54) is 208 Å². The molecule has 4 nitrogen and oxygen atoms in total. The second-order valence-corrected chi connectivity index (χ2v) is 31.3. The summed E-state index contributed by atoms with van der Waals surface area (Å²) in [5.41, 5.74) is 32.8. The number of benzene rings is 16. The van der Waals surface area contributed by atoms with E-state index in [4.69, 9.17) is 0 Å². The normalized spacial score (nSPS) is 13.4. The molecule has 0 fully saturated rings. The van der Waals surface area contributed by atoms with Gasteiger partial charge in [0, 0.05) is 86.5 Å². The SMILES string of the molecule is CC1(C)c2ccccc2-c2cc3c4cc(-c5ccc6c(c5)c5ccccc5n6-c5ccccc5)ccc4n(-c4cccc5c4sc4ccccc45)c3cc21.CC1(C)c2ccccc2-c2ccc3c(c21)c1ccccc1n3-c1cccc(-c2ccc(-c3ccc4c(c3)c3ccccc3n4-c3ccccc3)cc2)c1. The molecule has 0 spiro atoms. The lowest BCUT2D eigenvalue weighted by molar-refractivity contribution is 0.661. The molecule has 504 valence electrons. The van der Waals surface area contributed by atoms with Crippen LogP contribution in [-0.2, 0) is 10.8 Å². The summed E-state index contributed by atoms with van der Waals surface area (Å²) in [6.07, 6.45) is 0. The number of hydrogen-bond acceptors (Lipinski definition) is 1. The molecule has 5 aromatic heterocycles. The minimum Gasteiger partial charge on any atom is -0.309 e. The van der Waals surface area contributed by atoms with Gasteiger partial charge >= 0.3 is 0 Å². The minimum atomic E-state index is -0.0927. The van der Waals surface area contributed by atoms with Crippen molar-refractivity contribution in [1.29, 1.82) is 0 Å². The highest BCUT2D eigenvalue weighted by Crippen LogP contribution is 2.55. The first-order valence-electron chi connectivity index (χ1n) is 37.3. The largest absolute Gasteiger partial charge is 0.309 e. The maximum absolute atomic E-state index is 2.54. The van der Waals surface area contributed by atoms with Crippen molar-refractivity contribution in [3.8, 4) is 78.4 Å². The zero-order valence-electron chi connectivity index (χ0n) is 59.7. The topological polar surface area (TPSA) is 19.7 Å². The number of rotatable bonds is 7. The quantitative estimate of drug-likeness (QED) is 0.152. The van der Waals surface area contributed by atoms with Gasteiger partial charge in [-0.25, -0.2) is 0 Å². The van der Waals surface area contributed by atoms with Gasteiger partial charge in [-0.1, -0.05) is 258 Å². The predicted octanol–water partition coefficient (Wildman–Crippen LogP) is 27.7. The van der Waals surface area contributed by atoms with E-state index < -0.39 is 0 Å². The summed E-state index contributed by atoms with van der Waals surface area (Å²) in [5, 5.41) is 12.9. The average Bonchev–Trinajstić information content (AvgIpc) is 1.54. The Kier molecular flexibility index (Phi) is 13.3. The third-order valence-corrected chi connectivity index (χ3v) is 25.0. The number of nitrogens with zero attached hydrogens (tertiary/aromatic N) is 4. The first-order chi connectivity index (χ1) is 52.6. The summed E-state index contributed by atoms with van der Waals surface area (Å²) in [7, 11) is 0. The van der Waals surface area contributed by atoms with E-state index >= 15 is 0 Å². The molecule has 0 unspecified atom stereocenters. The Morgan fingerprint density at radius 2 is 0.645 bits per heavy atom. The fraction of sp³-hybridized carbons (Fsp3) is 0.0588. The second-order valence-electron chi connectivity index (χ2n) is 30.3. The van der Waals surface area contributed by atoms with Crippen molar-refractivity contribution in [2.24, 2.45) is 0 Å². The van der Waals surface area contributed by atoms with Gasteiger partial charge in [0.05, 0.1) is 54.5 Å². The van der Waals surface area contributed by atoms with Gasteiger partial charge in [-0.15, -0.1) is 11.3 Å². The molecule has 107 heavy (non-hydrogen) atoms. The number of aromatic nitrogens is 4. The summed E-state index contributed by atoms with van der Waals surface area (Å²) >= 11 is 1.90. The molecule has 16 aromatic carbocycles. The molecule has 23 rings (SSSR count). The highest BCUT2D eigenvalue weighted by atomic mass is 32.1. The van der Waals surface area contributed by atoms with Crippen LogP contribution in [0.25, 0.3) is 186 Å². The maximum atomic E-state index is 2.54. The molecule has 5 heteroatoms. The van der Waals surface area contributed by atoms with E-state index in [1.54, 1.807) is 0 Å². The Labute approximate surface area is 623 Å². The third-order valence-electron chi connectivity index (χ3n) is 23.8. The molecule has 0 bridgehead atoms. The third kappa shape index (κ3) is 9.08. The first-order valence-corrected chi connectivity index (χ1v) is 38.1. The Balaban J connectivity index is 0.000000133. The number of hydrogen-bond donors (Lipinski definition) is 0. The summed E-state index contributed by atoms with van der Waals surface area (Å²) in [6.45, 7) is 9.53. The van der Waals surface area contributed by atoms with Crippen LogP contribution in [0.15, 0.2) is 352 Å². The molecule has 2 aliphatic carbocycles. The minimum absolute atomic E-state index is 0.0898. The number of para-hydroxylation sites is 5. The van der Waals surface area contributed by atoms with Crippen LogP contribution in [0.4, 0.5) is 0 Å². The van der Waals surface area contributed by atoms with E-state index in [9.17, 15) is 0 Å². The van der Waals surface area contributed by atoms with Crippen LogP contribution in [-0.4, -0.2) is 18.3 Å². The lowest BCUT2D eigenvalue weighted by Gasteiger charge is -2.22. The molecule has 0 saturated heterocycles. The Morgan fingerprint density at radius 1 is 0.224 bits per heavy atom. The monoisotopic (exact) mass is 1380 g/mol. The van der Waals surface area contributed by atoms with Crippen LogP contribution in [0.1, 0.15) is 49.9 Å². The fourth-order valence-electron chi connectivity index (χ4n) is 18.9. The zero-order chi connectivity index (χ0) is 71.0. The smallest absolute Gasteiger partial charge is 0.0640 e. The lowest BCUT2D eigenvalue weighted by atomic mass is 9.80. The van der Waals surface area contributed by atoms with Crippen LogP contribution in [0, 0.1) is 0 Å². The Morgan fingerprint density at radius 3 is 1.27 bits per heavy atom. The van der Waals surface area contributed by atoms with Gasteiger partial charge in [0.2, 0.25) is 0 Å². The van der Waals surface area contributed by atoms with Crippen LogP contribution in [0.3, 0.4) is 0 Å². The van der Waals surface area contributed by atoms with Gasteiger partial charge < -0.3 is 18.3 Å². The first kappa shape index (κ1) is 61.4. The molecule has 0 saturated carbocycles. The van der Waals surface area contributed by atoms with Crippen molar-refractivity contribution in [2.75, 3.05) is 0 Å². The molecule has 0 radical (unpaired) electrons. The van der Waals surface area contributed by atoms with Gasteiger partial charge in [0.25, 0.3) is 0 Å². The molecule has 21 aromatic rings. The average molecular weight is 1380 g/mol. The van der Waals surface area contributed by atoms with E-state index in [2.05, 4.69) is 398 Å². The van der Waals surface area contributed by atoms with Crippen LogP contribution in [0.5, 0.6) is 0 Å². The van der Waals surface area contributed by atoms with Gasteiger partial charge in [-0.3, -0.25) is 0 Å². The van der Waals surface area contributed by atoms with Gasteiger partial charge in [-0.2, -0.15) is 0 Å². The van der Waals surface area contributed by atoms with E-state index in [0.29, 0.717) is 0 Å². The van der Waals surface area contributed by atoms with Gasteiger partial charge in [0.1, 0.15) is 0 Å². The molecular weight excluding hydrogens is 1310 g/mol. The molecule has 0 amide bonds. The van der Waals surface area contributed by atoms with Crippen LogP contribution < -0.4 is 0 Å². The summed E-state index contributed by atoms with van der Waals surface area (Å²) in [4.78, 5) is 0. The fourth-order valence-corrected chi connectivity index (χ4v) is 20.1. The number of thiophene rings is 1. The van der Waals surface area contributed by atoms with Crippen molar-refractivity contribution in [3.63, 3.8) is 0 Å². The van der Waals surface area contributed by atoms with Crippen molar-refractivity contribution >= 4 is 119 Å². The molecule has 0 N–H and O–H groups in total. The second kappa shape index (κ2) is 23.2. The van der Waals surface area contributed by atoms with Crippen molar-refractivity contribution < 1.29 is 0 Å². The molecule has 0 aliphatic heterocycles. The molecular formula is C102H70N4S. The molecule has 5 heterocycles. The van der Waals surface area contributed by atoms with Crippen LogP contribution in [0.2, 0.25) is 0 Å². The van der Waals surface area contributed by atoms with E-state index in [0.717, 1.165) is 0 Å². The summed E-state index contributed by atoms with van der Waals surface area (Å²) in [6, 6.07) is 130. The Hall–Kier alpha value is -13.1. The van der Waals surface area contributed by atoms with Gasteiger partial charge in [0.15, 0.2) is 0 Å². The van der Waals surface area contributed by atoms with Crippen molar-refractivity contribution in [2.45, 2.75) is 38.5 Å².